The molecule has 3 aromatic rings. The Hall–Kier alpha value is -3.76. The van der Waals surface area contributed by atoms with Crippen LogP contribution >= 0.6 is 0 Å². The fourth-order valence-electron chi connectivity index (χ4n) is 2.85. The number of alkyl halides is 2. The second-order valence-electron chi connectivity index (χ2n) is 6.11. The minimum atomic E-state index is -2.88. The SMILES string of the molecule is O=[N+]([O-])c1cn2c(n1)OC[C@@H](Oc1cccc(-c3ccc(OC(F)F)cc3)n1)C2. The van der Waals surface area contributed by atoms with E-state index in [-0.39, 0.29) is 24.2 Å². The molecule has 0 amide bonds. The Balaban J connectivity index is 1.46. The van der Waals surface area contributed by atoms with Crippen LogP contribution in [-0.4, -0.2) is 38.8 Å². The van der Waals surface area contributed by atoms with Gasteiger partial charge < -0.3 is 24.3 Å². The van der Waals surface area contributed by atoms with Gasteiger partial charge in [0.25, 0.3) is 0 Å². The highest BCUT2D eigenvalue weighted by molar-refractivity contribution is 5.60. The summed E-state index contributed by atoms with van der Waals surface area (Å²) in [4.78, 5) is 18.4. The molecule has 0 fully saturated rings. The number of rotatable bonds is 6. The molecule has 0 saturated heterocycles. The van der Waals surface area contributed by atoms with E-state index in [1.54, 1.807) is 30.3 Å². The molecule has 1 aliphatic rings. The van der Waals surface area contributed by atoms with Crippen molar-refractivity contribution in [1.82, 2.24) is 14.5 Å². The van der Waals surface area contributed by atoms with Crippen molar-refractivity contribution in [1.29, 1.82) is 0 Å². The van der Waals surface area contributed by atoms with Crippen LogP contribution in [0.1, 0.15) is 0 Å². The van der Waals surface area contributed by atoms with Crippen LogP contribution in [0, 0.1) is 10.1 Å². The van der Waals surface area contributed by atoms with E-state index in [0.29, 0.717) is 23.7 Å². The fourth-order valence-corrected chi connectivity index (χ4v) is 2.85. The molecule has 0 aliphatic carbocycles. The summed E-state index contributed by atoms with van der Waals surface area (Å²) in [6.07, 6.45) is 0.874. The monoisotopic (exact) mass is 404 g/mol. The van der Waals surface area contributed by atoms with Crippen molar-refractivity contribution in [3.63, 3.8) is 0 Å². The summed E-state index contributed by atoms with van der Waals surface area (Å²) in [6.45, 7) is -2.40. The van der Waals surface area contributed by atoms with Crippen LogP contribution in [0.15, 0.2) is 48.7 Å². The van der Waals surface area contributed by atoms with E-state index in [9.17, 15) is 18.9 Å². The third-order valence-corrected chi connectivity index (χ3v) is 4.10. The highest BCUT2D eigenvalue weighted by atomic mass is 19.3. The maximum absolute atomic E-state index is 12.3. The topological polar surface area (TPSA) is 102 Å². The molecule has 29 heavy (non-hydrogen) atoms. The lowest BCUT2D eigenvalue weighted by Gasteiger charge is -2.22. The molecule has 0 bridgehead atoms. The zero-order valence-corrected chi connectivity index (χ0v) is 14.8. The van der Waals surface area contributed by atoms with Crippen molar-refractivity contribution >= 4 is 5.82 Å². The summed E-state index contributed by atoms with van der Waals surface area (Å²) in [6, 6.07) is 11.4. The largest absolute Gasteiger partial charge is 0.469 e. The Kier molecular flexibility index (Phi) is 4.94. The van der Waals surface area contributed by atoms with E-state index in [4.69, 9.17) is 9.47 Å². The molecule has 11 heteroatoms. The number of aromatic nitrogens is 3. The normalized spacial score (nSPS) is 15.5. The van der Waals surface area contributed by atoms with Crippen molar-refractivity contribution in [3.05, 3.63) is 58.8 Å². The second-order valence-corrected chi connectivity index (χ2v) is 6.11. The Morgan fingerprint density at radius 1 is 1.21 bits per heavy atom. The van der Waals surface area contributed by atoms with Crippen LogP contribution < -0.4 is 14.2 Å². The molecule has 0 N–H and O–H groups in total. The van der Waals surface area contributed by atoms with Gasteiger partial charge in [0.05, 0.1) is 12.2 Å². The molecule has 0 radical (unpaired) electrons. The number of hydrogen-bond acceptors (Lipinski definition) is 7. The Labute approximate surface area is 162 Å². The van der Waals surface area contributed by atoms with E-state index in [2.05, 4.69) is 14.7 Å². The number of hydrogen-bond donors (Lipinski definition) is 0. The summed E-state index contributed by atoms with van der Waals surface area (Å²) in [5.74, 6) is 0.0999. The molecule has 150 valence electrons. The van der Waals surface area contributed by atoms with Gasteiger partial charge in [-0.25, -0.2) is 4.98 Å². The van der Waals surface area contributed by atoms with Crippen molar-refractivity contribution in [2.24, 2.45) is 0 Å². The zero-order valence-electron chi connectivity index (χ0n) is 14.8. The summed E-state index contributed by atoms with van der Waals surface area (Å²) in [5, 5.41) is 10.8. The fraction of sp³-hybridized carbons (Fsp3) is 0.222. The van der Waals surface area contributed by atoms with Gasteiger partial charge in [-0.3, -0.25) is 4.57 Å². The molecule has 3 heterocycles. The number of halogens is 2. The zero-order chi connectivity index (χ0) is 20.4. The number of imidazole rings is 1. The van der Waals surface area contributed by atoms with Crippen LogP contribution in [0.5, 0.6) is 17.6 Å². The van der Waals surface area contributed by atoms with Crippen molar-refractivity contribution < 1.29 is 27.9 Å². The number of nitrogens with zero attached hydrogens (tertiary/aromatic N) is 4. The smallest absolute Gasteiger partial charge is 0.414 e. The van der Waals surface area contributed by atoms with Gasteiger partial charge in [-0.15, -0.1) is 0 Å². The minimum absolute atomic E-state index is 0.0562. The molecule has 1 atom stereocenters. The van der Waals surface area contributed by atoms with Crippen molar-refractivity contribution in [2.75, 3.05) is 6.61 Å². The number of ether oxygens (including phenoxy) is 3. The maximum atomic E-state index is 12.3. The minimum Gasteiger partial charge on any atom is -0.469 e. The molecule has 1 aromatic carbocycles. The number of nitro groups is 1. The molecular weight excluding hydrogens is 390 g/mol. The molecule has 9 nitrogen and oxygen atoms in total. The molecule has 2 aromatic heterocycles. The van der Waals surface area contributed by atoms with Gasteiger partial charge >= 0.3 is 18.4 Å². The van der Waals surface area contributed by atoms with Crippen LogP contribution in [0.2, 0.25) is 0 Å². The third kappa shape index (κ3) is 4.23. The van der Waals surface area contributed by atoms with E-state index in [1.165, 1.54) is 22.9 Å². The standard InChI is InChI=1S/C18H14F2N4O5/c19-17(20)29-12-6-4-11(5-7-12)14-2-1-3-16(21-14)28-13-8-23-9-15(24(25)26)22-18(23)27-10-13/h1-7,9,13,17H,8,10H2/t13-/m0/s1. The third-order valence-electron chi connectivity index (χ3n) is 4.10. The van der Waals surface area contributed by atoms with Crippen LogP contribution in [-0.2, 0) is 6.54 Å². The Morgan fingerprint density at radius 2 is 2.00 bits per heavy atom. The number of pyridine rings is 1. The molecule has 1 aliphatic heterocycles. The van der Waals surface area contributed by atoms with Gasteiger partial charge in [-0.2, -0.15) is 8.78 Å². The van der Waals surface area contributed by atoms with Crippen molar-refractivity contribution in [2.45, 2.75) is 19.3 Å². The summed E-state index contributed by atoms with van der Waals surface area (Å²) in [7, 11) is 0. The summed E-state index contributed by atoms with van der Waals surface area (Å²) in [5.41, 5.74) is 1.28. The van der Waals surface area contributed by atoms with Gasteiger partial charge in [0.2, 0.25) is 5.88 Å². The van der Waals surface area contributed by atoms with Crippen LogP contribution in [0.4, 0.5) is 14.6 Å². The summed E-state index contributed by atoms with van der Waals surface area (Å²) >= 11 is 0. The first kappa shape index (κ1) is 18.6. The quantitative estimate of drug-likeness (QED) is 0.459. The highest BCUT2D eigenvalue weighted by Gasteiger charge is 2.29. The summed E-state index contributed by atoms with van der Waals surface area (Å²) < 4.78 is 41.6. The van der Waals surface area contributed by atoms with Crippen LogP contribution in [0.25, 0.3) is 11.3 Å². The van der Waals surface area contributed by atoms with Gasteiger partial charge in [0, 0.05) is 16.6 Å². The Morgan fingerprint density at radius 3 is 2.72 bits per heavy atom. The highest BCUT2D eigenvalue weighted by Crippen LogP contribution is 2.26. The van der Waals surface area contributed by atoms with Gasteiger partial charge in [-0.1, -0.05) is 6.07 Å². The van der Waals surface area contributed by atoms with Gasteiger partial charge in [0.1, 0.15) is 18.6 Å². The molecule has 0 spiro atoms. The van der Waals surface area contributed by atoms with Crippen LogP contribution in [0.3, 0.4) is 0 Å². The molecule has 0 saturated carbocycles. The van der Waals surface area contributed by atoms with E-state index in [0.717, 1.165) is 0 Å². The lowest BCUT2D eigenvalue weighted by molar-refractivity contribution is -0.389. The molecule has 4 rings (SSSR count). The number of fused-ring (bicyclic) bond motifs is 1. The van der Waals surface area contributed by atoms with E-state index < -0.39 is 17.6 Å². The lowest BCUT2D eigenvalue weighted by atomic mass is 10.1. The first-order valence-corrected chi connectivity index (χ1v) is 8.51. The Bertz CT molecular complexity index is 1030. The average Bonchev–Trinajstić information content (AvgIpc) is 3.12. The maximum Gasteiger partial charge on any atom is 0.414 e. The first-order valence-electron chi connectivity index (χ1n) is 8.51. The average molecular weight is 404 g/mol. The predicted octanol–water partition coefficient (Wildman–Crippen LogP) is 3.29. The van der Waals surface area contributed by atoms with Crippen molar-refractivity contribution in [3.8, 4) is 28.9 Å². The molecular formula is C18H14F2N4O5. The van der Waals surface area contributed by atoms with Gasteiger partial charge in [0.15, 0.2) is 6.10 Å². The van der Waals surface area contributed by atoms with Gasteiger partial charge in [-0.05, 0) is 35.3 Å². The second kappa shape index (κ2) is 7.70. The van der Waals surface area contributed by atoms with E-state index >= 15 is 0 Å². The predicted molar refractivity (Wildman–Crippen MR) is 95.1 cm³/mol. The van der Waals surface area contributed by atoms with E-state index in [1.807, 2.05) is 0 Å². The first-order chi connectivity index (χ1) is 14.0. The lowest BCUT2D eigenvalue weighted by Crippen LogP contribution is -2.34. The number of benzene rings is 1. The molecule has 0 unspecified atom stereocenters.